The fourth-order valence-corrected chi connectivity index (χ4v) is 5.38. The summed E-state index contributed by atoms with van der Waals surface area (Å²) in [4.78, 5) is 0. The SMILES string of the molecule is CCCC1CCc2cc(-c3ccc([C@H]4CC[C@H](CCC)CC4)cc3)c(F)c(F)c2O1. The molecule has 1 heterocycles. The Morgan fingerprint density at radius 1 is 0.867 bits per heavy atom. The van der Waals surface area contributed by atoms with Gasteiger partial charge < -0.3 is 4.74 Å². The van der Waals surface area contributed by atoms with Crippen LogP contribution in [0.15, 0.2) is 30.3 Å². The number of rotatable bonds is 6. The van der Waals surface area contributed by atoms with Crippen molar-refractivity contribution in [1.82, 2.24) is 0 Å². The van der Waals surface area contributed by atoms with Gasteiger partial charge in [0, 0.05) is 5.56 Å². The maximum absolute atomic E-state index is 14.9. The molecule has 0 N–H and O–H groups in total. The molecule has 0 radical (unpaired) electrons. The lowest BCUT2D eigenvalue weighted by Crippen LogP contribution is -2.23. The largest absolute Gasteiger partial charge is 0.487 e. The molecule has 1 fully saturated rings. The Kier molecular flexibility index (Phi) is 6.75. The summed E-state index contributed by atoms with van der Waals surface area (Å²) in [6.07, 6.45) is 11.2. The Morgan fingerprint density at radius 2 is 1.57 bits per heavy atom. The highest BCUT2D eigenvalue weighted by atomic mass is 19.2. The molecule has 0 amide bonds. The Hall–Kier alpha value is -1.90. The van der Waals surface area contributed by atoms with E-state index in [9.17, 15) is 8.78 Å². The number of benzene rings is 2. The molecule has 3 heteroatoms. The first kappa shape index (κ1) is 21.3. The second-order valence-electron chi connectivity index (χ2n) is 9.24. The highest BCUT2D eigenvalue weighted by Crippen LogP contribution is 2.40. The second-order valence-corrected chi connectivity index (χ2v) is 9.24. The lowest BCUT2D eigenvalue weighted by Gasteiger charge is -2.29. The highest BCUT2D eigenvalue weighted by molar-refractivity contribution is 5.67. The topological polar surface area (TPSA) is 9.23 Å². The second kappa shape index (κ2) is 9.49. The van der Waals surface area contributed by atoms with E-state index in [0.717, 1.165) is 42.7 Å². The van der Waals surface area contributed by atoms with Crippen LogP contribution in [-0.4, -0.2) is 6.10 Å². The molecule has 30 heavy (non-hydrogen) atoms. The Bertz CT molecular complexity index is 850. The molecule has 0 aromatic heterocycles. The van der Waals surface area contributed by atoms with Crippen LogP contribution in [0.2, 0.25) is 0 Å². The van der Waals surface area contributed by atoms with E-state index in [-0.39, 0.29) is 11.9 Å². The molecule has 1 atom stereocenters. The van der Waals surface area contributed by atoms with Crippen molar-refractivity contribution in [2.24, 2.45) is 5.92 Å². The first-order valence-corrected chi connectivity index (χ1v) is 11.9. The molecule has 0 saturated heterocycles. The summed E-state index contributed by atoms with van der Waals surface area (Å²) in [5.74, 6) is -0.0137. The van der Waals surface area contributed by atoms with E-state index in [0.29, 0.717) is 11.5 Å². The average molecular weight is 413 g/mol. The van der Waals surface area contributed by atoms with E-state index in [1.165, 1.54) is 44.1 Å². The van der Waals surface area contributed by atoms with E-state index in [1.807, 2.05) is 12.1 Å². The molecule has 2 aromatic carbocycles. The fraction of sp³-hybridized carbons (Fsp3) is 0.556. The third-order valence-electron chi connectivity index (χ3n) is 7.11. The van der Waals surface area contributed by atoms with E-state index in [1.54, 1.807) is 6.07 Å². The van der Waals surface area contributed by atoms with Crippen molar-refractivity contribution in [2.75, 3.05) is 0 Å². The normalized spacial score (nSPS) is 23.7. The van der Waals surface area contributed by atoms with Gasteiger partial charge in [0.05, 0.1) is 6.10 Å². The standard InChI is InChI=1S/C27H34F2O/c1-3-5-18-7-9-19(10-8-18)20-11-13-21(14-12-20)24-17-22-15-16-23(6-4-2)30-27(22)26(29)25(24)28/h11-14,17-19,23H,3-10,15-16H2,1-2H3/t18-,19-,23?. The average Bonchev–Trinajstić information content (AvgIpc) is 2.78. The minimum atomic E-state index is -0.832. The quantitative estimate of drug-likeness (QED) is 0.464. The van der Waals surface area contributed by atoms with Crippen molar-refractivity contribution in [2.45, 2.75) is 90.1 Å². The third-order valence-corrected chi connectivity index (χ3v) is 7.11. The Morgan fingerprint density at radius 3 is 2.23 bits per heavy atom. The lowest BCUT2D eigenvalue weighted by molar-refractivity contribution is 0.153. The Balaban J connectivity index is 1.52. The molecule has 1 unspecified atom stereocenters. The molecule has 1 saturated carbocycles. The van der Waals surface area contributed by atoms with Crippen molar-refractivity contribution in [3.8, 4) is 16.9 Å². The van der Waals surface area contributed by atoms with Gasteiger partial charge in [-0.3, -0.25) is 0 Å². The summed E-state index contributed by atoms with van der Waals surface area (Å²) in [6.45, 7) is 4.35. The Labute approximate surface area is 179 Å². The maximum Gasteiger partial charge on any atom is 0.201 e. The van der Waals surface area contributed by atoms with Crippen molar-refractivity contribution in [3.05, 3.63) is 53.1 Å². The summed E-state index contributed by atoms with van der Waals surface area (Å²) in [7, 11) is 0. The number of aryl methyl sites for hydroxylation is 1. The smallest absolute Gasteiger partial charge is 0.201 e. The van der Waals surface area contributed by atoms with Crippen LogP contribution in [0.25, 0.3) is 11.1 Å². The molecule has 2 aliphatic rings. The van der Waals surface area contributed by atoms with Gasteiger partial charge in [0.1, 0.15) is 0 Å². The molecule has 0 bridgehead atoms. The van der Waals surface area contributed by atoms with E-state index in [4.69, 9.17) is 4.74 Å². The molecule has 2 aromatic rings. The van der Waals surface area contributed by atoms with Crippen LogP contribution < -0.4 is 4.74 Å². The molecule has 1 aliphatic carbocycles. The monoisotopic (exact) mass is 412 g/mol. The van der Waals surface area contributed by atoms with E-state index < -0.39 is 11.6 Å². The number of halogens is 2. The minimum Gasteiger partial charge on any atom is -0.487 e. The fourth-order valence-electron chi connectivity index (χ4n) is 5.38. The van der Waals surface area contributed by atoms with Gasteiger partial charge in [-0.2, -0.15) is 4.39 Å². The number of hydrogen-bond acceptors (Lipinski definition) is 1. The molecular formula is C27H34F2O. The predicted molar refractivity (Wildman–Crippen MR) is 119 cm³/mol. The summed E-state index contributed by atoms with van der Waals surface area (Å²) >= 11 is 0. The molecular weight excluding hydrogens is 378 g/mol. The number of fused-ring (bicyclic) bond motifs is 1. The van der Waals surface area contributed by atoms with Crippen LogP contribution in [0.4, 0.5) is 8.78 Å². The number of ether oxygens (including phenoxy) is 1. The van der Waals surface area contributed by atoms with Crippen LogP contribution in [0.1, 0.15) is 88.7 Å². The van der Waals surface area contributed by atoms with Gasteiger partial charge in [0.25, 0.3) is 0 Å². The molecule has 1 aliphatic heterocycles. The van der Waals surface area contributed by atoms with Gasteiger partial charge in [-0.15, -0.1) is 0 Å². The van der Waals surface area contributed by atoms with Gasteiger partial charge >= 0.3 is 0 Å². The van der Waals surface area contributed by atoms with Crippen LogP contribution >= 0.6 is 0 Å². The van der Waals surface area contributed by atoms with Gasteiger partial charge in [0.2, 0.25) is 5.82 Å². The summed E-state index contributed by atoms with van der Waals surface area (Å²) in [5, 5.41) is 0. The summed E-state index contributed by atoms with van der Waals surface area (Å²) in [6, 6.07) is 9.94. The molecule has 1 nitrogen and oxygen atoms in total. The zero-order valence-corrected chi connectivity index (χ0v) is 18.4. The summed E-state index contributed by atoms with van der Waals surface area (Å²) < 4.78 is 35.5. The van der Waals surface area contributed by atoms with Crippen molar-refractivity contribution < 1.29 is 13.5 Å². The van der Waals surface area contributed by atoms with E-state index >= 15 is 0 Å². The summed E-state index contributed by atoms with van der Waals surface area (Å²) in [5.41, 5.74) is 3.21. The van der Waals surface area contributed by atoms with Gasteiger partial charge in [-0.05, 0) is 79.5 Å². The first-order valence-electron chi connectivity index (χ1n) is 11.9. The van der Waals surface area contributed by atoms with Crippen molar-refractivity contribution >= 4 is 0 Å². The minimum absolute atomic E-state index is 0.00560. The van der Waals surface area contributed by atoms with Gasteiger partial charge in [-0.25, -0.2) is 4.39 Å². The van der Waals surface area contributed by atoms with Crippen LogP contribution in [0.3, 0.4) is 0 Å². The first-order chi connectivity index (χ1) is 14.6. The van der Waals surface area contributed by atoms with Crippen LogP contribution in [-0.2, 0) is 6.42 Å². The van der Waals surface area contributed by atoms with Crippen molar-refractivity contribution in [3.63, 3.8) is 0 Å². The zero-order valence-electron chi connectivity index (χ0n) is 18.4. The maximum atomic E-state index is 14.9. The molecule has 162 valence electrons. The van der Waals surface area contributed by atoms with Crippen LogP contribution in [0, 0.1) is 17.6 Å². The predicted octanol–water partition coefficient (Wildman–Crippen LogP) is 8.20. The van der Waals surface area contributed by atoms with Gasteiger partial charge in [0.15, 0.2) is 11.6 Å². The zero-order chi connectivity index (χ0) is 21.1. The van der Waals surface area contributed by atoms with Crippen molar-refractivity contribution in [1.29, 1.82) is 0 Å². The third kappa shape index (κ3) is 4.40. The molecule has 0 spiro atoms. The van der Waals surface area contributed by atoms with Crippen LogP contribution in [0.5, 0.6) is 5.75 Å². The van der Waals surface area contributed by atoms with Gasteiger partial charge in [-0.1, -0.05) is 57.4 Å². The molecule has 4 rings (SSSR count). The highest BCUT2D eigenvalue weighted by Gasteiger charge is 2.27. The van der Waals surface area contributed by atoms with E-state index in [2.05, 4.69) is 26.0 Å². The number of hydrogen-bond donors (Lipinski definition) is 0. The lowest BCUT2D eigenvalue weighted by atomic mass is 9.77.